The maximum atomic E-state index is 12.1. The van der Waals surface area contributed by atoms with Crippen LogP contribution in [0.15, 0.2) is 48.5 Å². The standard InChI is InChI=1S/C18H20ClN3O2/c1-20-18(24)14-8-6-13(7-9-14)11-22(2)12-17(23)21-16-5-3-4-15(19)10-16/h3-10H,11-12H2,1-2H3,(H,20,24)(H,21,23)/p+1. The Bertz CT molecular complexity index is 716. The predicted molar refractivity (Wildman–Crippen MR) is 95.4 cm³/mol. The minimum absolute atomic E-state index is 0.0725. The molecule has 0 aliphatic carbocycles. The molecular weight excluding hydrogens is 326 g/mol. The Morgan fingerprint density at radius 3 is 2.46 bits per heavy atom. The Morgan fingerprint density at radius 1 is 1.12 bits per heavy atom. The number of amides is 2. The van der Waals surface area contributed by atoms with Crippen molar-refractivity contribution in [1.82, 2.24) is 5.32 Å². The summed E-state index contributed by atoms with van der Waals surface area (Å²) in [4.78, 5) is 24.6. The Morgan fingerprint density at radius 2 is 1.83 bits per heavy atom. The zero-order valence-corrected chi connectivity index (χ0v) is 14.5. The van der Waals surface area contributed by atoms with Gasteiger partial charge in [0.05, 0.1) is 7.05 Å². The fourth-order valence-electron chi connectivity index (χ4n) is 2.37. The van der Waals surface area contributed by atoms with E-state index in [0.29, 0.717) is 29.4 Å². The van der Waals surface area contributed by atoms with E-state index in [1.165, 1.54) is 0 Å². The summed E-state index contributed by atoms with van der Waals surface area (Å²) >= 11 is 5.90. The number of hydrogen-bond donors (Lipinski definition) is 3. The summed E-state index contributed by atoms with van der Waals surface area (Å²) < 4.78 is 0. The molecule has 3 N–H and O–H groups in total. The van der Waals surface area contributed by atoms with Gasteiger partial charge < -0.3 is 15.5 Å². The molecule has 0 bridgehead atoms. The molecule has 2 aromatic carbocycles. The lowest BCUT2D eigenvalue weighted by molar-refractivity contribution is -0.885. The van der Waals surface area contributed by atoms with Crippen molar-refractivity contribution >= 4 is 29.1 Å². The molecule has 2 rings (SSSR count). The van der Waals surface area contributed by atoms with Gasteiger partial charge in [0.1, 0.15) is 6.54 Å². The summed E-state index contributed by atoms with van der Waals surface area (Å²) in [6.45, 7) is 1.03. The highest BCUT2D eigenvalue weighted by Crippen LogP contribution is 2.14. The second kappa shape index (κ2) is 8.47. The van der Waals surface area contributed by atoms with Crippen LogP contribution in [0.1, 0.15) is 15.9 Å². The third-order valence-electron chi connectivity index (χ3n) is 3.52. The second-order valence-electron chi connectivity index (χ2n) is 5.65. The van der Waals surface area contributed by atoms with Crippen molar-refractivity contribution in [2.24, 2.45) is 0 Å². The van der Waals surface area contributed by atoms with E-state index < -0.39 is 0 Å². The Kier molecular flexibility index (Phi) is 6.35. The molecule has 0 saturated carbocycles. The molecule has 0 aliphatic heterocycles. The van der Waals surface area contributed by atoms with Gasteiger partial charge in [0, 0.05) is 28.9 Å². The molecule has 0 heterocycles. The van der Waals surface area contributed by atoms with Crippen LogP contribution >= 0.6 is 11.6 Å². The highest BCUT2D eigenvalue weighted by Gasteiger charge is 2.11. The van der Waals surface area contributed by atoms with E-state index in [2.05, 4.69) is 10.6 Å². The highest BCUT2D eigenvalue weighted by molar-refractivity contribution is 6.30. The molecule has 24 heavy (non-hydrogen) atoms. The van der Waals surface area contributed by atoms with Gasteiger partial charge in [-0.2, -0.15) is 0 Å². The maximum Gasteiger partial charge on any atom is 0.279 e. The van der Waals surface area contributed by atoms with Crippen LogP contribution in [-0.2, 0) is 11.3 Å². The minimum Gasteiger partial charge on any atom is -0.355 e. The fourth-order valence-corrected chi connectivity index (χ4v) is 2.57. The second-order valence-corrected chi connectivity index (χ2v) is 6.08. The molecule has 126 valence electrons. The van der Waals surface area contributed by atoms with Crippen molar-refractivity contribution in [2.75, 3.05) is 26.0 Å². The number of anilines is 1. The van der Waals surface area contributed by atoms with Crippen LogP contribution in [0.25, 0.3) is 0 Å². The topological polar surface area (TPSA) is 62.6 Å². The van der Waals surface area contributed by atoms with Crippen LogP contribution in [0, 0.1) is 0 Å². The van der Waals surface area contributed by atoms with Crippen molar-refractivity contribution in [3.8, 4) is 0 Å². The van der Waals surface area contributed by atoms with Gasteiger partial charge in [0.15, 0.2) is 6.54 Å². The number of halogens is 1. The molecule has 0 aromatic heterocycles. The zero-order chi connectivity index (χ0) is 17.5. The number of quaternary nitrogens is 1. The average Bonchev–Trinajstić information content (AvgIpc) is 2.54. The first kappa shape index (κ1) is 18.0. The maximum absolute atomic E-state index is 12.1. The SMILES string of the molecule is CNC(=O)c1ccc(C[NH+](C)CC(=O)Nc2cccc(Cl)c2)cc1. The third-order valence-corrected chi connectivity index (χ3v) is 3.75. The molecule has 0 saturated heterocycles. The largest absolute Gasteiger partial charge is 0.355 e. The first-order valence-electron chi connectivity index (χ1n) is 7.65. The van der Waals surface area contributed by atoms with Crippen molar-refractivity contribution in [1.29, 1.82) is 0 Å². The number of carbonyl (C=O) groups excluding carboxylic acids is 2. The molecule has 1 atom stereocenters. The third kappa shape index (κ3) is 5.37. The summed E-state index contributed by atoms with van der Waals surface area (Å²) in [6, 6.07) is 14.5. The van der Waals surface area contributed by atoms with Gasteiger partial charge in [-0.25, -0.2) is 0 Å². The van der Waals surface area contributed by atoms with Crippen LogP contribution < -0.4 is 15.5 Å². The fraction of sp³-hybridized carbons (Fsp3) is 0.222. The van der Waals surface area contributed by atoms with E-state index in [-0.39, 0.29) is 11.8 Å². The molecule has 5 nitrogen and oxygen atoms in total. The minimum atomic E-state index is -0.108. The Balaban J connectivity index is 1.87. The Hall–Kier alpha value is -2.37. The van der Waals surface area contributed by atoms with Crippen molar-refractivity contribution in [3.05, 3.63) is 64.7 Å². The van der Waals surface area contributed by atoms with Gasteiger partial charge in [-0.15, -0.1) is 0 Å². The van der Waals surface area contributed by atoms with Gasteiger partial charge in [-0.1, -0.05) is 29.8 Å². The van der Waals surface area contributed by atoms with E-state index in [9.17, 15) is 9.59 Å². The molecular formula is C18H21ClN3O2+. The lowest BCUT2D eigenvalue weighted by Gasteiger charge is -2.14. The summed E-state index contributed by atoms with van der Waals surface area (Å²) in [6.07, 6.45) is 0. The highest BCUT2D eigenvalue weighted by atomic mass is 35.5. The van der Waals surface area contributed by atoms with E-state index >= 15 is 0 Å². The first-order valence-corrected chi connectivity index (χ1v) is 8.03. The number of carbonyl (C=O) groups is 2. The summed E-state index contributed by atoms with van der Waals surface area (Å²) in [5.41, 5.74) is 2.38. The van der Waals surface area contributed by atoms with Crippen molar-refractivity contribution < 1.29 is 14.5 Å². The van der Waals surface area contributed by atoms with E-state index in [4.69, 9.17) is 11.6 Å². The van der Waals surface area contributed by atoms with Gasteiger partial charge in [-0.05, 0) is 30.3 Å². The first-order chi connectivity index (χ1) is 11.5. The molecule has 0 radical (unpaired) electrons. The smallest absolute Gasteiger partial charge is 0.279 e. The molecule has 2 amide bonds. The van der Waals surface area contributed by atoms with Gasteiger partial charge >= 0.3 is 0 Å². The van der Waals surface area contributed by atoms with Crippen molar-refractivity contribution in [3.63, 3.8) is 0 Å². The number of likely N-dealkylation sites (N-methyl/N-ethyl adjacent to an activating group) is 1. The summed E-state index contributed by atoms with van der Waals surface area (Å²) in [7, 11) is 3.55. The van der Waals surface area contributed by atoms with E-state index in [1.807, 2.05) is 19.2 Å². The molecule has 6 heteroatoms. The molecule has 2 aromatic rings. The average molecular weight is 347 g/mol. The number of rotatable bonds is 6. The molecule has 1 unspecified atom stereocenters. The van der Waals surface area contributed by atoms with E-state index in [0.717, 1.165) is 10.5 Å². The summed E-state index contributed by atoms with van der Waals surface area (Å²) in [5, 5.41) is 6.01. The van der Waals surface area contributed by atoms with Crippen molar-refractivity contribution in [2.45, 2.75) is 6.54 Å². The predicted octanol–water partition coefficient (Wildman–Crippen LogP) is 1.35. The lowest BCUT2D eigenvalue weighted by atomic mass is 10.1. The van der Waals surface area contributed by atoms with Crippen LogP contribution in [0.2, 0.25) is 5.02 Å². The summed E-state index contributed by atoms with van der Waals surface area (Å²) in [5.74, 6) is -0.181. The zero-order valence-electron chi connectivity index (χ0n) is 13.7. The monoisotopic (exact) mass is 346 g/mol. The quantitative estimate of drug-likeness (QED) is 0.739. The molecule has 0 fully saturated rings. The van der Waals surface area contributed by atoms with Crippen LogP contribution in [0.5, 0.6) is 0 Å². The number of hydrogen-bond acceptors (Lipinski definition) is 2. The number of nitrogens with one attached hydrogen (secondary N) is 3. The molecule has 0 spiro atoms. The number of benzene rings is 2. The van der Waals surface area contributed by atoms with Crippen LogP contribution in [0.3, 0.4) is 0 Å². The lowest BCUT2D eigenvalue weighted by Crippen LogP contribution is -3.08. The van der Waals surface area contributed by atoms with Gasteiger partial charge in [0.25, 0.3) is 11.8 Å². The van der Waals surface area contributed by atoms with E-state index in [1.54, 1.807) is 43.4 Å². The van der Waals surface area contributed by atoms with Gasteiger partial charge in [-0.3, -0.25) is 9.59 Å². The van der Waals surface area contributed by atoms with Gasteiger partial charge in [0.2, 0.25) is 0 Å². The van der Waals surface area contributed by atoms with Crippen LogP contribution in [-0.4, -0.2) is 32.5 Å². The Labute approximate surface area is 146 Å². The van der Waals surface area contributed by atoms with Crippen LogP contribution in [0.4, 0.5) is 5.69 Å². The molecule has 0 aliphatic rings. The normalized spacial score (nSPS) is 11.6.